The minimum absolute atomic E-state index is 0.218. The number of hydrogen-bond acceptors (Lipinski definition) is 4. The van der Waals surface area contributed by atoms with E-state index in [0.717, 1.165) is 22.9 Å². The predicted molar refractivity (Wildman–Crippen MR) is 132 cm³/mol. The lowest BCUT2D eigenvalue weighted by Crippen LogP contribution is -2.40. The van der Waals surface area contributed by atoms with E-state index in [1.165, 1.54) is 11.4 Å². The van der Waals surface area contributed by atoms with Gasteiger partial charge >= 0.3 is 0 Å². The summed E-state index contributed by atoms with van der Waals surface area (Å²) in [6, 6.07) is 24.3. The van der Waals surface area contributed by atoms with Crippen molar-refractivity contribution in [3.05, 3.63) is 95.6 Å². The van der Waals surface area contributed by atoms with Gasteiger partial charge in [-0.3, -0.25) is 9.10 Å². The smallest absolute Gasteiger partial charge is 0.261 e. The molecule has 0 bridgehead atoms. The van der Waals surface area contributed by atoms with Crippen LogP contribution in [0.4, 0.5) is 5.69 Å². The number of anilines is 1. The molecule has 0 aliphatic heterocycles. The first-order valence-corrected chi connectivity index (χ1v) is 12.7. The van der Waals surface area contributed by atoms with Crippen LogP contribution in [0.15, 0.2) is 78.9 Å². The van der Waals surface area contributed by atoms with Crippen LogP contribution >= 0.6 is 0 Å². The molecule has 0 aliphatic carbocycles. The van der Waals surface area contributed by atoms with Gasteiger partial charge in [0.1, 0.15) is 5.75 Å². The molecule has 7 heteroatoms. The van der Waals surface area contributed by atoms with E-state index < -0.39 is 16.1 Å². The van der Waals surface area contributed by atoms with Gasteiger partial charge < -0.3 is 10.1 Å². The third-order valence-electron chi connectivity index (χ3n) is 5.47. The van der Waals surface area contributed by atoms with E-state index in [1.807, 2.05) is 68.4 Å². The molecule has 0 aromatic heterocycles. The first-order chi connectivity index (χ1) is 15.7. The zero-order valence-corrected chi connectivity index (χ0v) is 20.2. The summed E-state index contributed by atoms with van der Waals surface area (Å²) in [4.78, 5) is 13.2. The molecule has 0 aliphatic rings. The molecule has 3 aromatic rings. The second-order valence-electron chi connectivity index (χ2n) is 8.00. The fourth-order valence-corrected chi connectivity index (χ4v) is 3.92. The number of benzene rings is 3. The molecule has 33 heavy (non-hydrogen) atoms. The van der Waals surface area contributed by atoms with Crippen LogP contribution in [0.1, 0.15) is 36.1 Å². The van der Waals surface area contributed by atoms with Crippen molar-refractivity contribution in [2.24, 2.45) is 0 Å². The molecule has 3 aromatic carbocycles. The van der Waals surface area contributed by atoms with Gasteiger partial charge in [0.05, 0.1) is 18.0 Å². The van der Waals surface area contributed by atoms with Crippen molar-refractivity contribution >= 4 is 21.6 Å². The monoisotopic (exact) mass is 466 g/mol. The molecule has 0 saturated carbocycles. The maximum Gasteiger partial charge on any atom is 0.261 e. The molecule has 1 N–H and O–H groups in total. The quantitative estimate of drug-likeness (QED) is 0.505. The van der Waals surface area contributed by atoms with Crippen LogP contribution in [-0.2, 0) is 14.8 Å². The second-order valence-corrected chi connectivity index (χ2v) is 10.0. The van der Waals surface area contributed by atoms with Gasteiger partial charge in [0.2, 0.25) is 10.0 Å². The van der Waals surface area contributed by atoms with E-state index in [4.69, 9.17) is 4.74 Å². The Morgan fingerprint density at radius 2 is 1.52 bits per heavy atom. The summed E-state index contributed by atoms with van der Waals surface area (Å²) in [6.45, 7) is 3.92. The Morgan fingerprint density at radius 1 is 0.939 bits per heavy atom. The average molecular weight is 467 g/mol. The topological polar surface area (TPSA) is 75.7 Å². The molecule has 0 heterocycles. The molecule has 6 nitrogen and oxygen atoms in total. The molecular formula is C26H30N2O4S. The molecule has 174 valence electrons. The Balaban J connectivity index is 1.77. The summed E-state index contributed by atoms with van der Waals surface area (Å²) < 4.78 is 30.6. The number of nitrogens with one attached hydrogen (secondary N) is 1. The Morgan fingerprint density at radius 3 is 2.06 bits per heavy atom. The van der Waals surface area contributed by atoms with Crippen molar-refractivity contribution in [2.45, 2.75) is 32.4 Å². The van der Waals surface area contributed by atoms with Gasteiger partial charge in [-0.2, -0.15) is 0 Å². The Hall–Kier alpha value is -3.32. The van der Waals surface area contributed by atoms with E-state index in [2.05, 4.69) is 5.32 Å². The highest BCUT2D eigenvalue weighted by Crippen LogP contribution is 2.24. The molecule has 3 rings (SSSR count). The Kier molecular flexibility index (Phi) is 7.76. The first-order valence-electron chi connectivity index (χ1n) is 10.8. The predicted octanol–water partition coefficient (Wildman–Crippen LogP) is 4.45. The summed E-state index contributed by atoms with van der Waals surface area (Å²) in [6.07, 6.45) is 0.929. The van der Waals surface area contributed by atoms with E-state index >= 15 is 0 Å². The summed E-state index contributed by atoms with van der Waals surface area (Å²) in [5.41, 5.74) is 3.64. The Bertz CT molecular complexity index is 1160. The third-order valence-corrected chi connectivity index (χ3v) is 6.68. The van der Waals surface area contributed by atoms with E-state index in [0.29, 0.717) is 17.9 Å². The average Bonchev–Trinajstić information content (AvgIpc) is 2.81. The van der Waals surface area contributed by atoms with Crippen molar-refractivity contribution < 1.29 is 17.9 Å². The zero-order valence-electron chi connectivity index (χ0n) is 19.4. The largest absolute Gasteiger partial charge is 0.481 e. The van der Waals surface area contributed by atoms with E-state index in [9.17, 15) is 13.2 Å². The molecule has 0 fully saturated rings. The van der Waals surface area contributed by atoms with Gasteiger partial charge in [0, 0.05) is 7.05 Å². The van der Waals surface area contributed by atoms with Gasteiger partial charge in [0.15, 0.2) is 6.10 Å². The normalized spacial score (nSPS) is 13.1. The van der Waals surface area contributed by atoms with Crippen LogP contribution in [0.25, 0.3) is 0 Å². The highest BCUT2D eigenvalue weighted by Gasteiger charge is 2.24. The minimum Gasteiger partial charge on any atom is -0.481 e. The Labute approximate surface area is 196 Å². The number of sulfonamides is 1. The second kappa shape index (κ2) is 10.5. The molecule has 1 amide bonds. The lowest BCUT2D eigenvalue weighted by atomic mass is 9.97. The van der Waals surface area contributed by atoms with Crippen LogP contribution in [0, 0.1) is 6.92 Å². The van der Waals surface area contributed by atoms with E-state index in [1.54, 1.807) is 24.3 Å². The highest BCUT2D eigenvalue weighted by atomic mass is 32.2. The van der Waals surface area contributed by atoms with Crippen molar-refractivity contribution in [2.75, 3.05) is 17.6 Å². The fraction of sp³-hybridized carbons (Fsp3) is 0.269. The summed E-state index contributed by atoms with van der Waals surface area (Å²) >= 11 is 0. The summed E-state index contributed by atoms with van der Waals surface area (Å²) in [5, 5.41) is 3.14. The number of aryl methyl sites for hydroxylation is 1. The number of ether oxygens (including phenoxy) is 1. The number of carbonyl (C=O) groups is 1. The number of hydrogen-bond donors (Lipinski definition) is 1. The van der Waals surface area contributed by atoms with Gasteiger partial charge in [-0.15, -0.1) is 0 Å². The maximum absolute atomic E-state index is 13.2. The maximum atomic E-state index is 13.2. The fourth-order valence-electron chi connectivity index (χ4n) is 3.41. The molecule has 0 saturated heterocycles. The number of nitrogens with zero attached hydrogens (tertiary/aromatic N) is 1. The molecule has 0 unspecified atom stereocenters. The molecule has 2 atom stereocenters. The first kappa shape index (κ1) is 24.3. The summed E-state index contributed by atoms with van der Waals surface area (Å²) in [7, 11) is -1.86. The highest BCUT2D eigenvalue weighted by molar-refractivity contribution is 7.92. The van der Waals surface area contributed by atoms with Crippen LogP contribution in [0.5, 0.6) is 5.75 Å². The number of amides is 1. The minimum atomic E-state index is -3.35. The zero-order chi connectivity index (χ0) is 24.0. The van der Waals surface area contributed by atoms with Crippen molar-refractivity contribution in [3.8, 4) is 5.75 Å². The standard InChI is InChI=1S/C26H30N2O4S/c1-5-24(32-23-17-15-22(16-18-23)28(3)33(4,30)31)26(29)27-25(20-9-7-6-8-10-20)21-13-11-19(2)12-14-21/h6-18,24-25H,5H2,1-4H3,(H,27,29)/t24-,25+/m1/s1. The van der Waals surface area contributed by atoms with Gasteiger partial charge in [-0.05, 0) is 48.7 Å². The third kappa shape index (κ3) is 6.35. The number of rotatable bonds is 9. The lowest BCUT2D eigenvalue weighted by Gasteiger charge is -2.24. The van der Waals surface area contributed by atoms with Gasteiger partial charge in [0.25, 0.3) is 5.91 Å². The molecule has 0 spiro atoms. The number of carbonyl (C=O) groups excluding carboxylic acids is 1. The van der Waals surface area contributed by atoms with Crippen LogP contribution in [0.2, 0.25) is 0 Å². The SMILES string of the molecule is CC[C@@H](Oc1ccc(N(C)S(C)(=O)=O)cc1)C(=O)N[C@@H](c1ccccc1)c1ccc(C)cc1. The van der Waals surface area contributed by atoms with E-state index in [-0.39, 0.29) is 11.9 Å². The summed E-state index contributed by atoms with van der Waals surface area (Å²) in [5.74, 6) is 0.276. The van der Waals surface area contributed by atoms with Gasteiger partial charge in [-0.1, -0.05) is 67.1 Å². The van der Waals surface area contributed by atoms with Crippen LogP contribution in [0.3, 0.4) is 0 Å². The van der Waals surface area contributed by atoms with Crippen LogP contribution in [-0.4, -0.2) is 33.7 Å². The van der Waals surface area contributed by atoms with Crippen molar-refractivity contribution in [3.63, 3.8) is 0 Å². The van der Waals surface area contributed by atoms with Crippen molar-refractivity contribution in [1.29, 1.82) is 0 Å². The lowest BCUT2D eigenvalue weighted by molar-refractivity contribution is -0.128. The molecule has 0 radical (unpaired) electrons. The molecular weight excluding hydrogens is 436 g/mol. The van der Waals surface area contributed by atoms with Crippen LogP contribution < -0.4 is 14.4 Å². The van der Waals surface area contributed by atoms with Gasteiger partial charge in [-0.25, -0.2) is 8.42 Å². The van der Waals surface area contributed by atoms with Crippen molar-refractivity contribution in [1.82, 2.24) is 5.32 Å².